The second-order valence-corrected chi connectivity index (χ2v) is 6.00. The molecule has 1 aromatic rings. The van der Waals surface area contributed by atoms with Crippen LogP contribution < -0.4 is 5.32 Å². The number of hydrogen-bond donors (Lipinski definition) is 1. The molecule has 0 aliphatic heterocycles. The number of thioether (sulfide) groups is 1. The molecule has 1 nitrogen and oxygen atoms in total. The first-order chi connectivity index (χ1) is 7.59. The number of benzene rings is 1. The monoisotopic (exact) mass is 277 g/mol. The van der Waals surface area contributed by atoms with Gasteiger partial charge in [-0.25, -0.2) is 0 Å². The number of hydrogen-bond acceptors (Lipinski definition) is 2. The molecule has 90 valence electrons. The second kappa shape index (κ2) is 7.44. The van der Waals surface area contributed by atoms with Crippen molar-refractivity contribution in [3.8, 4) is 0 Å². The summed E-state index contributed by atoms with van der Waals surface area (Å²) in [4.78, 5) is 1.06. The molecule has 1 aromatic carbocycles. The van der Waals surface area contributed by atoms with Gasteiger partial charge in [0.05, 0.1) is 5.02 Å². The Labute approximate surface area is 112 Å². The van der Waals surface area contributed by atoms with Crippen LogP contribution >= 0.6 is 35.0 Å². The molecule has 1 N–H and O–H groups in total. The molecule has 4 heteroatoms. The average Bonchev–Trinajstić information content (AvgIpc) is 2.22. The highest BCUT2D eigenvalue weighted by atomic mass is 35.5. The Morgan fingerprint density at radius 1 is 1.31 bits per heavy atom. The maximum absolute atomic E-state index is 6.06. The van der Waals surface area contributed by atoms with Crippen LogP contribution in [-0.4, -0.2) is 18.8 Å². The third-order valence-electron chi connectivity index (χ3n) is 1.98. The maximum atomic E-state index is 6.06. The molecule has 0 saturated carbocycles. The summed E-state index contributed by atoms with van der Waals surface area (Å²) < 4.78 is 0. The lowest BCUT2D eigenvalue weighted by Crippen LogP contribution is -2.22. The molecule has 0 unspecified atom stereocenters. The van der Waals surface area contributed by atoms with Crippen LogP contribution in [0, 0.1) is 5.92 Å². The Balaban J connectivity index is 2.29. The minimum Gasteiger partial charge on any atom is -0.316 e. The first-order valence-corrected chi connectivity index (χ1v) is 7.12. The van der Waals surface area contributed by atoms with E-state index in [4.69, 9.17) is 23.2 Å². The van der Waals surface area contributed by atoms with Gasteiger partial charge in [-0.3, -0.25) is 0 Å². The van der Waals surface area contributed by atoms with Gasteiger partial charge in [0.2, 0.25) is 0 Å². The van der Waals surface area contributed by atoms with Crippen LogP contribution in [0.2, 0.25) is 10.0 Å². The molecule has 0 saturated heterocycles. The third-order valence-corrected chi connectivity index (χ3v) is 3.72. The van der Waals surface area contributed by atoms with E-state index in [2.05, 4.69) is 19.2 Å². The van der Waals surface area contributed by atoms with E-state index in [0.29, 0.717) is 5.92 Å². The standard InChI is InChI=1S/C12H17Cl2NS/c1-9(2)8-15-5-6-16-12-7-10(13)3-4-11(12)14/h3-4,7,9,15H,5-6,8H2,1-2H3. The van der Waals surface area contributed by atoms with Crippen molar-refractivity contribution in [2.24, 2.45) is 5.92 Å². The van der Waals surface area contributed by atoms with Crippen molar-refractivity contribution >= 4 is 35.0 Å². The van der Waals surface area contributed by atoms with Gasteiger partial charge in [-0.1, -0.05) is 37.0 Å². The summed E-state index contributed by atoms with van der Waals surface area (Å²) in [5.74, 6) is 1.70. The second-order valence-electron chi connectivity index (χ2n) is 4.02. The summed E-state index contributed by atoms with van der Waals surface area (Å²) in [6.07, 6.45) is 0. The lowest BCUT2D eigenvalue weighted by atomic mass is 10.2. The minimum atomic E-state index is 0.694. The Hall–Kier alpha value is 0.110. The van der Waals surface area contributed by atoms with Gasteiger partial charge in [0.25, 0.3) is 0 Å². The summed E-state index contributed by atoms with van der Waals surface area (Å²) in [7, 11) is 0. The summed E-state index contributed by atoms with van der Waals surface area (Å²) >= 11 is 13.7. The number of rotatable bonds is 6. The maximum Gasteiger partial charge on any atom is 0.0542 e. The lowest BCUT2D eigenvalue weighted by Gasteiger charge is -2.08. The molecule has 0 amide bonds. The molecule has 0 atom stereocenters. The van der Waals surface area contributed by atoms with Gasteiger partial charge >= 0.3 is 0 Å². The Kier molecular flexibility index (Phi) is 6.59. The van der Waals surface area contributed by atoms with Gasteiger partial charge in [-0.2, -0.15) is 0 Å². The quantitative estimate of drug-likeness (QED) is 0.614. The van der Waals surface area contributed by atoms with Gasteiger partial charge in [0.15, 0.2) is 0 Å². The molecule has 0 bridgehead atoms. The highest BCUT2D eigenvalue weighted by Gasteiger charge is 2.01. The molecular formula is C12H17Cl2NS. The first kappa shape index (κ1) is 14.2. The van der Waals surface area contributed by atoms with Gasteiger partial charge in [-0.05, 0) is 30.7 Å². The van der Waals surface area contributed by atoms with Gasteiger partial charge in [-0.15, -0.1) is 11.8 Å². The van der Waals surface area contributed by atoms with Gasteiger partial charge < -0.3 is 5.32 Å². The molecule has 0 radical (unpaired) electrons. The Morgan fingerprint density at radius 3 is 2.75 bits per heavy atom. The van der Waals surface area contributed by atoms with Gasteiger partial charge in [0, 0.05) is 22.2 Å². The van der Waals surface area contributed by atoms with E-state index < -0.39 is 0 Å². The molecule has 0 fully saturated rings. The normalized spacial score (nSPS) is 11.1. The third kappa shape index (κ3) is 5.44. The van der Waals surface area contributed by atoms with Crippen LogP contribution in [-0.2, 0) is 0 Å². The zero-order valence-electron chi connectivity index (χ0n) is 9.59. The van der Waals surface area contributed by atoms with Crippen LogP contribution in [0.15, 0.2) is 23.1 Å². The molecular weight excluding hydrogens is 261 g/mol. The van der Waals surface area contributed by atoms with E-state index in [0.717, 1.165) is 33.8 Å². The minimum absolute atomic E-state index is 0.694. The van der Waals surface area contributed by atoms with Crippen molar-refractivity contribution in [3.05, 3.63) is 28.2 Å². The fourth-order valence-electron chi connectivity index (χ4n) is 1.21. The Morgan fingerprint density at radius 2 is 2.06 bits per heavy atom. The van der Waals surface area contributed by atoms with E-state index in [9.17, 15) is 0 Å². The van der Waals surface area contributed by atoms with E-state index in [1.54, 1.807) is 11.8 Å². The smallest absolute Gasteiger partial charge is 0.0542 e. The van der Waals surface area contributed by atoms with E-state index in [-0.39, 0.29) is 0 Å². The van der Waals surface area contributed by atoms with Crippen molar-refractivity contribution in [1.29, 1.82) is 0 Å². The highest BCUT2D eigenvalue weighted by Crippen LogP contribution is 2.29. The van der Waals surface area contributed by atoms with E-state index in [1.807, 2.05) is 18.2 Å². The van der Waals surface area contributed by atoms with E-state index >= 15 is 0 Å². The zero-order chi connectivity index (χ0) is 12.0. The lowest BCUT2D eigenvalue weighted by molar-refractivity contribution is 0.568. The molecule has 0 aliphatic carbocycles. The predicted molar refractivity (Wildman–Crippen MR) is 74.9 cm³/mol. The van der Waals surface area contributed by atoms with Crippen LogP contribution in [0.25, 0.3) is 0 Å². The molecule has 16 heavy (non-hydrogen) atoms. The topological polar surface area (TPSA) is 12.0 Å². The van der Waals surface area contributed by atoms with Crippen molar-refractivity contribution in [2.75, 3.05) is 18.8 Å². The zero-order valence-corrected chi connectivity index (χ0v) is 11.9. The van der Waals surface area contributed by atoms with Crippen molar-refractivity contribution in [1.82, 2.24) is 5.32 Å². The number of halogens is 2. The predicted octanol–water partition coefficient (Wildman–Crippen LogP) is 4.33. The van der Waals surface area contributed by atoms with Crippen molar-refractivity contribution < 1.29 is 0 Å². The van der Waals surface area contributed by atoms with Crippen molar-refractivity contribution in [3.63, 3.8) is 0 Å². The fourth-order valence-corrected chi connectivity index (χ4v) is 2.61. The molecule has 0 spiro atoms. The molecule has 0 aliphatic rings. The van der Waals surface area contributed by atoms with Gasteiger partial charge in [0.1, 0.15) is 0 Å². The van der Waals surface area contributed by atoms with Crippen LogP contribution in [0.4, 0.5) is 0 Å². The van der Waals surface area contributed by atoms with Crippen LogP contribution in [0.1, 0.15) is 13.8 Å². The number of nitrogens with one attached hydrogen (secondary N) is 1. The largest absolute Gasteiger partial charge is 0.316 e. The SMILES string of the molecule is CC(C)CNCCSc1cc(Cl)ccc1Cl. The van der Waals surface area contributed by atoms with E-state index in [1.165, 1.54) is 0 Å². The summed E-state index contributed by atoms with van der Waals surface area (Å²) in [6, 6.07) is 5.57. The van der Waals surface area contributed by atoms with Crippen molar-refractivity contribution in [2.45, 2.75) is 18.7 Å². The summed E-state index contributed by atoms with van der Waals surface area (Å²) in [6.45, 7) is 6.46. The molecule has 1 rings (SSSR count). The molecule has 0 heterocycles. The highest BCUT2D eigenvalue weighted by molar-refractivity contribution is 7.99. The Bertz CT molecular complexity index is 329. The summed E-state index contributed by atoms with van der Waals surface area (Å²) in [5, 5.41) is 4.91. The molecule has 0 aromatic heterocycles. The average molecular weight is 278 g/mol. The van der Waals surface area contributed by atoms with Crippen LogP contribution in [0.3, 0.4) is 0 Å². The fraction of sp³-hybridized carbons (Fsp3) is 0.500. The first-order valence-electron chi connectivity index (χ1n) is 5.38. The summed E-state index contributed by atoms with van der Waals surface area (Å²) in [5.41, 5.74) is 0. The van der Waals surface area contributed by atoms with Crippen LogP contribution in [0.5, 0.6) is 0 Å².